The Morgan fingerprint density at radius 3 is 2.56 bits per heavy atom. The average Bonchev–Trinajstić information content (AvgIpc) is 3.03. The van der Waals surface area contributed by atoms with Gasteiger partial charge in [-0.25, -0.2) is 14.6 Å². The zero-order chi connectivity index (χ0) is 25.0. The molecule has 34 heavy (non-hydrogen) atoms. The van der Waals surface area contributed by atoms with Crippen molar-refractivity contribution in [1.29, 1.82) is 0 Å². The Hall–Kier alpha value is -3.31. The Labute approximate surface area is 208 Å². The van der Waals surface area contributed by atoms with Crippen molar-refractivity contribution in [3.8, 4) is 11.5 Å². The molecule has 1 fully saturated rings. The number of likely N-dealkylation sites (N-methyl/N-ethyl adjacent to an activating group) is 1. The number of benzene rings is 2. The molecule has 0 atom stereocenters. The Morgan fingerprint density at radius 1 is 1.21 bits per heavy atom. The lowest BCUT2D eigenvalue weighted by Gasteiger charge is -2.13. The number of aromatic carboxylic acids is 1. The van der Waals surface area contributed by atoms with Gasteiger partial charge in [0.1, 0.15) is 0 Å². The summed E-state index contributed by atoms with van der Waals surface area (Å²) in [5.74, 6) is -1.83. The molecule has 9 nitrogen and oxygen atoms in total. The number of amidine groups is 1. The van der Waals surface area contributed by atoms with Crippen molar-refractivity contribution in [1.82, 2.24) is 4.90 Å². The number of rotatable bonds is 8. The van der Waals surface area contributed by atoms with Crippen molar-refractivity contribution in [3.05, 3.63) is 56.4 Å². The molecule has 0 unspecified atom stereocenters. The number of hydrogen-bond acceptors (Lipinski definition) is 7. The van der Waals surface area contributed by atoms with Crippen LogP contribution in [0.15, 0.2) is 44.7 Å². The number of nitrogens with zero attached hydrogens (tertiary/aromatic N) is 2. The van der Waals surface area contributed by atoms with Gasteiger partial charge in [-0.05, 0) is 67.1 Å². The van der Waals surface area contributed by atoms with Gasteiger partial charge in [-0.2, -0.15) is 0 Å². The summed E-state index contributed by atoms with van der Waals surface area (Å²) < 4.78 is 11.5. The van der Waals surface area contributed by atoms with Crippen LogP contribution in [0.5, 0.6) is 11.5 Å². The van der Waals surface area contributed by atoms with E-state index in [0.29, 0.717) is 43.7 Å². The summed E-state index contributed by atoms with van der Waals surface area (Å²) in [6.07, 6.45) is 1.67. The number of aliphatic carboxylic acids is 1. The molecule has 1 saturated heterocycles. The maximum atomic E-state index is 12.9. The highest BCUT2D eigenvalue weighted by atomic mass is 79.9. The molecule has 0 radical (unpaired) electrons. The minimum atomic E-state index is -1.11. The van der Waals surface area contributed by atoms with E-state index in [-0.39, 0.29) is 17.2 Å². The fourth-order valence-electron chi connectivity index (χ4n) is 3.05. The minimum Gasteiger partial charge on any atom is -0.490 e. The van der Waals surface area contributed by atoms with Crippen molar-refractivity contribution in [2.75, 3.05) is 20.3 Å². The molecule has 1 heterocycles. The average molecular weight is 549 g/mol. The van der Waals surface area contributed by atoms with Crippen molar-refractivity contribution >= 4 is 62.5 Å². The van der Waals surface area contributed by atoms with E-state index in [1.165, 1.54) is 11.0 Å². The molecule has 11 heteroatoms. The lowest BCUT2D eigenvalue weighted by atomic mass is 10.1. The van der Waals surface area contributed by atoms with Crippen LogP contribution in [-0.4, -0.2) is 58.4 Å². The molecule has 0 bridgehead atoms. The van der Waals surface area contributed by atoms with E-state index >= 15 is 0 Å². The van der Waals surface area contributed by atoms with Crippen LogP contribution in [0.25, 0.3) is 6.08 Å². The fourth-order valence-corrected chi connectivity index (χ4v) is 4.46. The molecule has 0 saturated carbocycles. The molecule has 2 aromatic rings. The number of hydrogen-bond donors (Lipinski definition) is 2. The van der Waals surface area contributed by atoms with E-state index < -0.39 is 18.5 Å². The molecule has 2 N–H and O–H groups in total. The summed E-state index contributed by atoms with van der Waals surface area (Å²) in [4.78, 5) is 41.4. The SMILES string of the molecule is CCOc1cc(/C=C2\SC(=Nc3cccc(C(=O)O)c3C)N(C)C2=O)c(Br)cc1OCC(=O)O. The van der Waals surface area contributed by atoms with Crippen molar-refractivity contribution in [3.63, 3.8) is 0 Å². The van der Waals surface area contributed by atoms with Crippen LogP contribution in [0.1, 0.15) is 28.4 Å². The topological polar surface area (TPSA) is 126 Å². The number of carbonyl (C=O) groups is 3. The van der Waals surface area contributed by atoms with E-state index in [1.807, 2.05) is 0 Å². The largest absolute Gasteiger partial charge is 0.490 e. The van der Waals surface area contributed by atoms with Gasteiger partial charge in [0.25, 0.3) is 5.91 Å². The molecule has 1 aliphatic rings. The number of ether oxygens (including phenoxy) is 2. The van der Waals surface area contributed by atoms with Crippen LogP contribution in [0.2, 0.25) is 0 Å². The molecular weight excluding hydrogens is 528 g/mol. The van der Waals surface area contributed by atoms with Crippen LogP contribution in [0.3, 0.4) is 0 Å². The van der Waals surface area contributed by atoms with Crippen LogP contribution < -0.4 is 9.47 Å². The predicted octanol–water partition coefficient (Wildman–Crippen LogP) is 4.55. The highest BCUT2D eigenvalue weighted by Gasteiger charge is 2.31. The second-order valence-electron chi connectivity index (χ2n) is 7.06. The zero-order valence-electron chi connectivity index (χ0n) is 18.5. The first-order chi connectivity index (χ1) is 16.1. The summed E-state index contributed by atoms with van der Waals surface area (Å²) in [5, 5.41) is 18.6. The molecule has 0 aliphatic carbocycles. The van der Waals surface area contributed by atoms with Gasteiger partial charge in [0.2, 0.25) is 0 Å². The summed E-state index contributed by atoms with van der Waals surface area (Å²) >= 11 is 4.59. The summed E-state index contributed by atoms with van der Waals surface area (Å²) in [7, 11) is 1.59. The molecule has 0 spiro atoms. The maximum Gasteiger partial charge on any atom is 0.341 e. The Kier molecular flexibility index (Phi) is 8.00. The third-order valence-electron chi connectivity index (χ3n) is 4.76. The highest BCUT2D eigenvalue weighted by molar-refractivity contribution is 9.10. The maximum absolute atomic E-state index is 12.9. The van der Waals surface area contributed by atoms with Gasteiger partial charge in [0, 0.05) is 11.5 Å². The second-order valence-corrected chi connectivity index (χ2v) is 8.92. The number of halogens is 1. The van der Waals surface area contributed by atoms with Gasteiger partial charge < -0.3 is 19.7 Å². The standard InChI is InChI=1S/C23H21BrN2O7S/c1-4-32-17-8-13(15(24)10-18(17)33-11-20(27)28)9-19-21(29)26(3)23(34-19)25-16-7-5-6-14(12(16)2)22(30)31/h5-10H,4,11H2,1-3H3,(H,27,28)(H,30,31)/b19-9-,25-23?. The number of carboxylic acids is 2. The molecule has 3 rings (SSSR count). The molecular formula is C23H21BrN2O7S. The summed E-state index contributed by atoms with van der Waals surface area (Å²) in [6.45, 7) is 3.27. The van der Waals surface area contributed by atoms with Crippen LogP contribution in [0.4, 0.5) is 5.69 Å². The number of carbonyl (C=O) groups excluding carboxylic acids is 1. The molecule has 0 aromatic heterocycles. The van der Waals surface area contributed by atoms with E-state index in [2.05, 4.69) is 20.9 Å². The number of thioether (sulfide) groups is 1. The molecule has 1 amide bonds. The lowest BCUT2D eigenvalue weighted by molar-refractivity contribution is -0.139. The monoisotopic (exact) mass is 548 g/mol. The first-order valence-electron chi connectivity index (χ1n) is 10.0. The highest BCUT2D eigenvalue weighted by Crippen LogP contribution is 2.38. The first-order valence-corrected chi connectivity index (χ1v) is 11.6. The van der Waals surface area contributed by atoms with Crippen molar-refractivity contribution in [2.24, 2.45) is 4.99 Å². The third-order valence-corrected chi connectivity index (χ3v) is 6.50. The van der Waals surface area contributed by atoms with Gasteiger partial charge in [-0.1, -0.05) is 22.0 Å². The van der Waals surface area contributed by atoms with Crippen LogP contribution in [0, 0.1) is 6.92 Å². The third kappa shape index (κ3) is 5.60. The molecule has 1 aliphatic heterocycles. The van der Waals surface area contributed by atoms with Gasteiger partial charge >= 0.3 is 11.9 Å². The van der Waals surface area contributed by atoms with E-state index in [4.69, 9.17) is 14.6 Å². The van der Waals surface area contributed by atoms with E-state index in [1.54, 1.807) is 51.2 Å². The predicted molar refractivity (Wildman–Crippen MR) is 132 cm³/mol. The Bertz CT molecular complexity index is 1230. The van der Waals surface area contributed by atoms with E-state index in [0.717, 1.165) is 11.8 Å². The number of aliphatic imine (C=N–C) groups is 1. The van der Waals surface area contributed by atoms with Gasteiger partial charge in [0.05, 0.1) is 22.8 Å². The molecule has 2 aromatic carbocycles. The quantitative estimate of drug-likeness (QED) is 0.460. The van der Waals surface area contributed by atoms with Crippen molar-refractivity contribution < 1.29 is 34.1 Å². The van der Waals surface area contributed by atoms with Gasteiger partial charge in [-0.15, -0.1) is 0 Å². The zero-order valence-corrected chi connectivity index (χ0v) is 20.9. The summed E-state index contributed by atoms with van der Waals surface area (Å²) in [6, 6.07) is 8.04. The smallest absolute Gasteiger partial charge is 0.341 e. The van der Waals surface area contributed by atoms with Crippen LogP contribution >= 0.6 is 27.7 Å². The molecule has 178 valence electrons. The normalized spacial score (nSPS) is 15.8. The fraction of sp³-hybridized carbons (Fsp3) is 0.217. The van der Waals surface area contributed by atoms with Gasteiger partial charge in [0.15, 0.2) is 23.3 Å². The second kappa shape index (κ2) is 10.7. The van der Waals surface area contributed by atoms with Crippen molar-refractivity contribution in [2.45, 2.75) is 13.8 Å². The number of amides is 1. The first kappa shape index (κ1) is 25.3. The Balaban J connectivity index is 1.95. The summed E-state index contributed by atoms with van der Waals surface area (Å²) in [5.41, 5.74) is 1.73. The lowest BCUT2D eigenvalue weighted by Crippen LogP contribution is -2.23. The Morgan fingerprint density at radius 2 is 1.91 bits per heavy atom. The van der Waals surface area contributed by atoms with Gasteiger partial charge in [-0.3, -0.25) is 9.69 Å². The van der Waals surface area contributed by atoms with Crippen LogP contribution in [-0.2, 0) is 9.59 Å². The minimum absolute atomic E-state index is 0.146. The van der Waals surface area contributed by atoms with E-state index in [9.17, 15) is 19.5 Å². The number of carboxylic acid groups (broad SMARTS) is 2.